The molecular weight excluding hydrogens is 264 g/mol. The van der Waals surface area contributed by atoms with Gasteiger partial charge in [0.1, 0.15) is 6.04 Å². The Hall–Kier alpha value is -2.44. The standard InChI is InChI=1S/C13H16N2O5/c1-3-4-11(13(17)20-2)14-12(16)9-5-7-10(8-6-9)15(18)19/h3,5,7,11H,1,4,6,8H2,2H3,(H,14,16)/t11-/m0/s1. The van der Waals surface area contributed by atoms with E-state index in [4.69, 9.17) is 0 Å². The fraction of sp³-hybridized carbons (Fsp3) is 0.385. The SMILES string of the molecule is C=CC[C@H](NC(=O)C1=CC=C([N+](=O)[O-])CC1)C(=O)OC. The molecule has 0 heterocycles. The van der Waals surface area contributed by atoms with E-state index in [0.29, 0.717) is 5.57 Å². The number of carbonyl (C=O) groups excluding carboxylic acids is 2. The molecule has 1 N–H and O–H groups in total. The van der Waals surface area contributed by atoms with E-state index in [-0.39, 0.29) is 25.0 Å². The van der Waals surface area contributed by atoms with Crippen LogP contribution in [-0.4, -0.2) is 30.0 Å². The average Bonchev–Trinajstić information content (AvgIpc) is 2.45. The van der Waals surface area contributed by atoms with Crippen molar-refractivity contribution in [3.8, 4) is 0 Å². The fourth-order valence-electron chi connectivity index (χ4n) is 1.74. The lowest BCUT2D eigenvalue weighted by Gasteiger charge is -2.16. The molecule has 20 heavy (non-hydrogen) atoms. The topological polar surface area (TPSA) is 98.5 Å². The highest BCUT2D eigenvalue weighted by Crippen LogP contribution is 2.19. The summed E-state index contributed by atoms with van der Waals surface area (Å²) in [7, 11) is 1.23. The van der Waals surface area contributed by atoms with E-state index in [1.54, 1.807) is 0 Å². The zero-order valence-corrected chi connectivity index (χ0v) is 11.1. The lowest BCUT2D eigenvalue weighted by Crippen LogP contribution is -2.42. The second-order valence-corrected chi connectivity index (χ2v) is 4.18. The largest absolute Gasteiger partial charge is 0.467 e. The van der Waals surface area contributed by atoms with Crippen molar-refractivity contribution in [2.24, 2.45) is 0 Å². The van der Waals surface area contributed by atoms with Crippen molar-refractivity contribution in [3.63, 3.8) is 0 Å². The maximum Gasteiger partial charge on any atom is 0.328 e. The zero-order chi connectivity index (χ0) is 15.1. The van der Waals surface area contributed by atoms with Crippen LogP contribution in [0.15, 0.2) is 36.1 Å². The van der Waals surface area contributed by atoms with Crippen LogP contribution in [-0.2, 0) is 14.3 Å². The quantitative estimate of drug-likeness (QED) is 0.340. The van der Waals surface area contributed by atoms with E-state index in [2.05, 4.69) is 16.6 Å². The Bertz CT molecular complexity index is 493. The minimum absolute atomic E-state index is 0.0668. The molecule has 1 amide bonds. The average molecular weight is 280 g/mol. The molecule has 0 fully saturated rings. The summed E-state index contributed by atoms with van der Waals surface area (Å²) in [6.45, 7) is 3.51. The molecule has 1 aliphatic rings. The second kappa shape index (κ2) is 7.22. The maximum absolute atomic E-state index is 12.0. The van der Waals surface area contributed by atoms with Crippen molar-refractivity contribution >= 4 is 11.9 Å². The molecule has 0 spiro atoms. The van der Waals surface area contributed by atoms with Gasteiger partial charge in [-0.1, -0.05) is 6.08 Å². The first-order chi connectivity index (χ1) is 9.49. The second-order valence-electron chi connectivity index (χ2n) is 4.18. The van der Waals surface area contributed by atoms with Crippen molar-refractivity contribution in [1.82, 2.24) is 5.32 Å². The third-order valence-corrected chi connectivity index (χ3v) is 2.85. The molecule has 0 unspecified atom stereocenters. The molecule has 7 heteroatoms. The molecule has 0 aromatic carbocycles. The molecule has 0 aromatic heterocycles. The molecule has 108 valence electrons. The Balaban J connectivity index is 2.73. The van der Waals surface area contributed by atoms with E-state index in [0.717, 1.165) is 0 Å². The number of hydrogen-bond donors (Lipinski definition) is 1. The Labute approximate surface area is 116 Å². The van der Waals surface area contributed by atoms with Gasteiger partial charge in [0, 0.05) is 18.1 Å². The van der Waals surface area contributed by atoms with E-state index < -0.39 is 22.8 Å². The number of hydrogen-bond acceptors (Lipinski definition) is 5. The van der Waals surface area contributed by atoms with Gasteiger partial charge in [0.25, 0.3) is 0 Å². The summed E-state index contributed by atoms with van der Waals surface area (Å²) in [6, 6.07) is -0.799. The highest BCUT2D eigenvalue weighted by Gasteiger charge is 2.24. The van der Waals surface area contributed by atoms with Crippen molar-refractivity contribution < 1.29 is 19.2 Å². The molecule has 0 radical (unpaired) electrons. The number of rotatable bonds is 6. The highest BCUT2D eigenvalue weighted by atomic mass is 16.6. The number of nitro groups is 1. The van der Waals surface area contributed by atoms with Crippen LogP contribution in [0.5, 0.6) is 0 Å². The molecule has 0 aliphatic heterocycles. The number of esters is 1. The third-order valence-electron chi connectivity index (χ3n) is 2.85. The summed E-state index contributed by atoms with van der Waals surface area (Å²) in [6.07, 6.45) is 4.92. The van der Waals surface area contributed by atoms with Crippen LogP contribution in [0.4, 0.5) is 0 Å². The van der Waals surface area contributed by atoms with Crippen LogP contribution in [0.2, 0.25) is 0 Å². The van der Waals surface area contributed by atoms with Crippen molar-refractivity contribution in [2.45, 2.75) is 25.3 Å². The predicted molar refractivity (Wildman–Crippen MR) is 71.2 cm³/mol. The summed E-state index contributed by atoms with van der Waals surface area (Å²) < 4.78 is 4.58. The van der Waals surface area contributed by atoms with E-state index >= 15 is 0 Å². The number of carbonyl (C=O) groups is 2. The number of allylic oxidation sites excluding steroid dienone is 3. The van der Waals surface area contributed by atoms with Gasteiger partial charge in [-0.15, -0.1) is 6.58 Å². The molecule has 1 rings (SSSR count). The van der Waals surface area contributed by atoms with Crippen LogP contribution in [0, 0.1) is 10.1 Å². The van der Waals surface area contributed by atoms with Crippen LogP contribution in [0.1, 0.15) is 19.3 Å². The molecule has 0 saturated carbocycles. The predicted octanol–water partition coefficient (Wildman–Crippen LogP) is 1.10. The smallest absolute Gasteiger partial charge is 0.328 e. The molecule has 7 nitrogen and oxygen atoms in total. The van der Waals surface area contributed by atoms with E-state index in [9.17, 15) is 19.7 Å². The molecule has 0 saturated heterocycles. The van der Waals surface area contributed by atoms with Gasteiger partial charge in [0.2, 0.25) is 11.6 Å². The number of nitrogens with one attached hydrogen (secondary N) is 1. The number of ether oxygens (including phenoxy) is 1. The zero-order valence-electron chi connectivity index (χ0n) is 11.1. The number of amides is 1. The third kappa shape index (κ3) is 4.04. The Kier molecular flexibility index (Phi) is 5.64. The van der Waals surface area contributed by atoms with E-state index in [1.165, 1.54) is 25.3 Å². The summed E-state index contributed by atoms with van der Waals surface area (Å²) in [5.41, 5.74) is 0.464. The minimum Gasteiger partial charge on any atom is -0.467 e. The molecule has 1 atom stereocenters. The molecule has 1 aliphatic carbocycles. The normalized spacial score (nSPS) is 15.4. The van der Waals surface area contributed by atoms with Gasteiger partial charge in [-0.05, 0) is 18.9 Å². The van der Waals surface area contributed by atoms with Gasteiger partial charge < -0.3 is 10.1 Å². The van der Waals surface area contributed by atoms with E-state index in [1.807, 2.05) is 0 Å². The van der Waals surface area contributed by atoms with Gasteiger partial charge in [-0.2, -0.15) is 0 Å². The lowest BCUT2D eigenvalue weighted by atomic mass is 10.0. The first-order valence-corrected chi connectivity index (χ1v) is 6.03. The van der Waals surface area contributed by atoms with Crippen LogP contribution in [0.3, 0.4) is 0 Å². The maximum atomic E-state index is 12.0. The van der Waals surface area contributed by atoms with Crippen LogP contribution < -0.4 is 5.32 Å². The van der Waals surface area contributed by atoms with Crippen LogP contribution in [0.25, 0.3) is 0 Å². The minimum atomic E-state index is -0.799. The monoisotopic (exact) mass is 280 g/mol. The fourth-order valence-corrected chi connectivity index (χ4v) is 1.74. The van der Waals surface area contributed by atoms with Crippen molar-refractivity contribution in [2.75, 3.05) is 7.11 Å². The van der Waals surface area contributed by atoms with Gasteiger partial charge >= 0.3 is 5.97 Å². The summed E-state index contributed by atoms with van der Waals surface area (Å²) >= 11 is 0. The Morgan fingerprint density at radius 3 is 2.70 bits per heavy atom. The highest BCUT2D eigenvalue weighted by molar-refractivity contribution is 5.96. The first-order valence-electron chi connectivity index (χ1n) is 6.03. The van der Waals surface area contributed by atoms with Gasteiger partial charge in [-0.25, -0.2) is 4.79 Å². The summed E-state index contributed by atoms with van der Waals surface area (Å²) in [5.74, 6) is -0.989. The van der Waals surface area contributed by atoms with Crippen molar-refractivity contribution in [3.05, 3.63) is 46.2 Å². The van der Waals surface area contributed by atoms with Gasteiger partial charge in [-0.3, -0.25) is 14.9 Å². The summed E-state index contributed by atoms with van der Waals surface area (Å²) in [4.78, 5) is 33.5. The first kappa shape index (κ1) is 15.6. The van der Waals surface area contributed by atoms with Crippen molar-refractivity contribution in [1.29, 1.82) is 0 Å². The van der Waals surface area contributed by atoms with Gasteiger partial charge in [0.05, 0.1) is 12.0 Å². The summed E-state index contributed by atoms with van der Waals surface area (Å²) in [5, 5.41) is 13.1. The Morgan fingerprint density at radius 1 is 1.55 bits per heavy atom. The number of methoxy groups -OCH3 is 1. The Morgan fingerprint density at radius 2 is 2.25 bits per heavy atom. The van der Waals surface area contributed by atoms with Crippen LogP contribution >= 0.6 is 0 Å². The number of nitrogens with zero attached hydrogens (tertiary/aromatic N) is 1. The molecule has 0 bridgehead atoms. The molecule has 0 aromatic rings. The molecular formula is C13H16N2O5. The lowest BCUT2D eigenvalue weighted by molar-refractivity contribution is -0.428. The van der Waals surface area contributed by atoms with Gasteiger partial charge in [0.15, 0.2) is 0 Å².